The van der Waals surface area contributed by atoms with Crippen LogP contribution in [0.25, 0.3) is 0 Å². The minimum Gasteiger partial charge on any atom is -0.440 e. The van der Waals surface area contributed by atoms with Gasteiger partial charge in [0.25, 0.3) is 0 Å². The van der Waals surface area contributed by atoms with E-state index in [-0.39, 0.29) is 6.54 Å². The fourth-order valence-corrected chi connectivity index (χ4v) is 2.34. The molecule has 6 nitrogen and oxygen atoms in total. The summed E-state index contributed by atoms with van der Waals surface area (Å²) in [6, 6.07) is 7.13. The molecular formula is C15H14F3N3O3. The Bertz CT molecular complexity index is 653. The Balaban J connectivity index is 1.97. The van der Waals surface area contributed by atoms with Gasteiger partial charge in [-0.05, 0) is 37.1 Å². The van der Waals surface area contributed by atoms with E-state index in [4.69, 9.17) is 5.26 Å². The number of carbonyl (C=O) groups excluding carboxylic acids is 2. The zero-order chi connectivity index (χ0) is 17.7. The van der Waals surface area contributed by atoms with Crippen molar-refractivity contribution in [1.29, 1.82) is 5.26 Å². The standard InChI is InChI=1S/C15H14F3N3O3/c16-15(17,18)9-24-14(23)21-7-1-2-12(21)13(22)20-11-5-3-10(8-19)4-6-11/h3-6,12H,1-2,7,9H2,(H,20,22)/t12-/m1/s1. The average molecular weight is 341 g/mol. The number of anilines is 1. The summed E-state index contributed by atoms with van der Waals surface area (Å²) in [6.07, 6.45) is -4.95. The lowest BCUT2D eigenvalue weighted by molar-refractivity contribution is -0.162. The van der Waals surface area contributed by atoms with Crippen molar-refractivity contribution in [1.82, 2.24) is 4.90 Å². The molecule has 1 aliphatic heterocycles. The van der Waals surface area contributed by atoms with E-state index in [0.717, 1.165) is 4.90 Å². The van der Waals surface area contributed by atoms with Crippen LogP contribution in [0.3, 0.4) is 0 Å². The van der Waals surface area contributed by atoms with E-state index in [0.29, 0.717) is 24.1 Å². The van der Waals surface area contributed by atoms with Crippen LogP contribution in [0.15, 0.2) is 24.3 Å². The third kappa shape index (κ3) is 4.62. The fourth-order valence-electron chi connectivity index (χ4n) is 2.34. The van der Waals surface area contributed by atoms with E-state index in [2.05, 4.69) is 10.1 Å². The van der Waals surface area contributed by atoms with Crippen molar-refractivity contribution in [3.8, 4) is 6.07 Å². The quantitative estimate of drug-likeness (QED) is 0.916. The first-order valence-electron chi connectivity index (χ1n) is 7.11. The van der Waals surface area contributed by atoms with Crippen LogP contribution in [0.1, 0.15) is 18.4 Å². The smallest absolute Gasteiger partial charge is 0.422 e. The first-order valence-corrected chi connectivity index (χ1v) is 7.11. The summed E-state index contributed by atoms with van der Waals surface area (Å²) in [5, 5.41) is 11.3. The molecule has 1 aromatic rings. The molecule has 0 aliphatic carbocycles. The Kier molecular flexibility index (Phi) is 5.28. The molecule has 128 valence electrons. The van der Waals surface area contributed by atoms with Gasteiger partial charge >= 0.3 is 12.3 Å². The molecule has 1 aliphatic rings. The van der Waals surface area contributed by atoms with E-state index in [9.17, 15) is 22.8 Å². The molecule has 0 spiro atoms. The first kappa shape index (κ1) is 17.6. The summed E-state index contributed by atoms with van der Waals surface area (Å²) in [5.74, 6) is -0.513. The normalized spacial score (nSPS) is 17.2. The van der Waals surface area contributed by atoms with Crippen LogP contribution in [0.2, 0.25) is 0 Å². The summed E-state index contributed by atoms with van der Waals surface area (Å²) in [7, 11) is 0. The molecule has 1 atom stereocenters. The molecule has 1 fully saturated rings. The molecule has 1 heterocycles. The summed E-state index contributed by atoms with van der Waals surface area (Å²) in [6.45, 7) is -1.53. The third-order valence-electron chi connectivity index (χ3n) is 3.43. The van der Waals surface area contributed by atoms with Crippen molar-refractivity contribution in [2.45, 2.75) is 25.1 Å². The number of alkyl halides is 3. The van der Waals surface area contributed by atoms with E-state index in [1.807, 2.05) is 6.07 Å². The zero-order valence-electron chi connectivity index (χ0n) is 12.5. The van der Waals surface area contributed by atoms with Crippen molar-refractivity contribution >= 4 is 17.7 Å². The Morgan fingerprint density at radius 2 is 2.00 bits per heavy atom. The van der Waals surface area contributed by atoms with Gasteiger partial charge in [-0.3, -0.25) is 9.69 Å². The minimum atomic E-state index is -4.62. The topological polar surface area (TPSA) is 82.4 Å². The number of amides is 2. The van der Waals surface area contributed by atoms with Gasteiger partial charge in [0.15, 0.2) is 6.61 Å². The van der Waals surface area contributed by atoms with Crippen molar-refractivity contribution in [3.63, 3.8) is 0 Å². The van der Waals surface area contributed by atoms with E-state index < -0.39 is 30.8 Å². The largest absolute Gasteiger partial charge is 0.440 e. The van der Waals surface area contributed by atoms with Crippen LogP contribution in [-0.2, 0) is 9.53 Å². The number of ether oxygens (including phenoxy) is 1. The Hall–Kier alpha value is -2.76. The highest BCUT2D eigenvalue weighted by molar-refractivity contribution is 5.96. The van der Waals surface area contributed by atoms with Crippen LogP contribution in [-0.4, -0.2) is 42.3 Å². The summed E-state index contributed by atoms with van der Waals surface area (Å²) in [5.41, 5.74) is 0.848. The third-order valence-corrected chi connectivity index (χ3v) is 3.43. The van der Waals surface area contributed by atoms with Gasteiger partial charge in [-0.2, -0.15) is 18.4 Å². The molecule has 9 heteroatoms. The fraction of sp³-hybridized carbons (Fsp3) is 0.400. The Morgan fingerprint density at radius 1 is 1.33 bits per heavy atom. The van der Waals surface area contributed by atoms with Crippen molar-refractivity contribution in [3.05, 3.63) is 29.8 Å². The molecule has 2 amide bonds. The van der Waals surface area contributed by atoms with Gasteiger partial charge < -0.3 is 10.1 Å². The lowest BCUT2D eigenvalue weighted by Gasteiger charge is -2.23. The van der Waals surface area contributed by atoms with Crippen LogP contribution in [0, 0.1) is 11.3 Å². The number of hydrogen-bond acceptors (Lipinski definition) is 4. The predicted octanol–water partition coefficient (Wildman–Crippen LogP) is 2.66. The maximum atomic E-state index is 12.2. The second kappa shape index (κ2) is 7.21. The van der Waals surface area contributed by atoms with Gasteiger partial charge in [0.1, 0.15) is 6.04 Å². The van der Waals surface area contributed by atoms with Gasteiger partial charge in [-0.15, -0.1) is 0 Å². The van der Waals surface area contributed by atoms with Gasteiger partial charge in [-0.1, -0.05) is 0 Å². The van der Waals surface area contributed by atoms with E-state index in [1.54, 1.807) is 0 Å². The van der Waals surface area contributed by atoms with Gasteiger partial charge in [0, 0.05) is 12.2 Å². The second-order valence-corrected chi connectivity index (χ2v) is 5.20. The minimum absolute atomic E-state index is 0.155. The zero-order valence-corrected chi connectivity index (χ0v) is 12.5. The molecule has 24 heavy (non-hydrogen) atoms. The molecular weight excluding hydrogens is 327 g/mol. The van der Waals surface area contributed by atoms with Crippen LogP contribution in [0.4, 0.5) is 23.7 Å². The molecule has 0 aromatic heterocycles. The van der Waals surface area contributed by atoms with Gasteiger partial charge in [-0.25, -0.2) is 4.79 Å². The van der Waals surface area contributed by atoms with E-state index >= 15 is 0 Å². The number of rotatable bonds is 3. The highest BCUT2D eigenvalue weighted by Gasteiger charge is 2.37. The summed E-state index contributed by atoms with van der Waals surface area (Å²) >= 11 is 0. The number of carbonyl (C=O) groups is 2. The van der Waals surface area contributed by atoms with E-state index in [1.165, 1.54) is 24.3 Å². The number of likely N-dealkylation sites (tertiary alicyclic amines) is 1. The average Bonchev–Trinajstić information content (AvgIpc) is 3.02. The molecule has 1 N–H and O–H groups in total. The number of nitrogens with one attached hydrogen (secondary N) is 1. The molecule has 0 saturated carbocycles. The van der Waals surface area contributed by atoms with Crippen LogP contribution >= 0.6 is 0 Å². The number of hydrogen-bond donors (Lipinski definition) is 1. The Morgan fingerprint density at radius 3 is 2.58 bits per heavy atom. The highest BCUT2D eigenvalue weighted by atomic mass is 19.4. The second-order valence-electron chi connectivity index (χ2n) is 5.20. The highest BCUT2D eigenvalue weighted by Crippen LogP contribution is 2.22. The predicted molar refractivity (Wildman–Crippen MR) is 76.9 cm³/mol. The SMILES string of the molecule is N#Cc1ccc(NC(=O)[C@H]2CCCN2C(=O)OCC(F)(F)F)cc1. The summed E-state index contributed by atoms with van der Waals surface area (Å²) < 4.78 is 40.5. The maximum Gasteiger partial charge on any atom is 0.422 e. The van der Waals surface area contributed by atoms with Crippen molar-refractivity contribution < 1.29 is 27.5 Å². The van der Waals surface area contributed by atoms with Gasteiger partial charge in [0.05, 0.1) is 11.6 Å². The number of benzene rings is 1. The molecule has 2 rings (SSSR count). The summed E-state index contributed by atoms with van der Waals surface area (Å²) in [4.78, 5) is 25.0. The Labute approximate surface area is 135 Å². The molecule has 1 aromatic carbocycles. The van der Waals surface area contributed by atoms with Crippen LogP contribution < -0.4 is 5.32 Å². The lowest BCUT2D eigenvalue weighted by atomic mass is 10.2. The molecule has 0 radical (unpaired) electrons. The molecule has 1 saturated heterocycles. The van der Waals surface area contributed by atoms with Gasteiger partial charge in [0.2, 0.25) is 5.91 Å². The number of nitriles is 1. The number of nitrogens with zero attached hydrogens (tertiary/aromatic N) is 2. The van der Waals surface area contributed by atoms with Crippen molar-refractivity contribution in [2.75, 3.05) is 18.5 Å². The first-order chi connectivity index (χ1) is 11.3. The molecule has 0 unspecified atom stereocenters. The molecule has 0 bridgehead atoms. The number of halogens is 3. The van der Waals surface area contributed by atoms with Crippen molar-refractivity contribution in [2.24, 2.45) is 0 Å². The monoisotopic (exact) mass is 341 g/mol. The lowest BCUT2D eigenvalue weighted by Crippen LogP contribution is -2.44. The van der Waals surface area contributed by atoms with Crippen LogP contribution in [0.5, 0.6) is 0 Å². The maximum absolute atomic E-state index is 12.2.